The quantitative estimate of drug-likeness (QED) is 0.766. The maximum atomic E-state index is 13.6. The highest BCUT2D eigenvalue weighted by molar-refractivity contribution is 6.31. The molecular weight excluding hydrogens is 201 g/mol. The van der Waals surface area contributed by atoms with Crippen molar-refractivity contribution in [3.05, 3.63) is 46.8 Å². The topological polar surface area (TPSA) is 26.0 Å². The molecule has 0 heterocycles. The van der Waals surface area contributed by atoms with Gasteiger partial charge in [-0.25, -0.2) is 4.39 Å². The van der Waals surface area contributed by atoms with Crippen LogP contribution in [0, 0.1) is 12.7 Å². The van der Waals surface area contributed by atoms with Crippen molar-refractivity contribution in [2.45, 2.75) is 19.4 Å². The third-order valence-electron chi connectivity index (χ3n) is 2.11. The summed E-state index contributed by atoms with van der Waals surface area (Å²) in [4.78, 5) is 0. The first-order chi connectivity index (χ1) is 6.57. The predicted octanol–water partition coefficient (Wildman–Crippen LogP) is 3.36. The van der Waals surface area contributed by atoms with E-state index in [1.807, 2.05) is 0 Å². The molecule has 1 atom stereocenters. The molecule has 1 nitrogen and oxygen atoms in total. The van der Waals surface area contributed by atoms with E-state index in [1.165, 1.54) is 0 Å². The average molecular weight is 214 g/mol. The number of hydrogen-bond acceptors (Lipinski definition) is 1. The van der Waals surface area contributed by atoms with Crippen LogP contribution in [0.5, 0.6) is 0 Å². The highest BCUT2D eigenvalue weighted by atomic mass is 35.5. The van der Waals surface area contributed by atoms with Crippen molar-refractivity contribution in [3.8, 4) is 0 Å². The summed E-state index contributed by atoms with van der Waals surface area (Å²) in [6.45, 7) is 5.25. The molecule has 0 aliphatic heterocycles. The first-order valence-electron chi connectivity index (χ1n) is 4.39. The summed E-state index contributed by atoms with van der Waals surface area (Å²) < 4.78 is 13.6. The number of rotatable bonds is 3. The Labute approximate surface area is 88.4 Å². The molecule has 0 spiro atoms. The molecule has 3 heteroatoms. The fourth-order valence-electron chi connectivity index (χ4n) is 1.32. The molecule has 0 amide bonds. The van der Waals surface area contributed by atoms with Crippen molar-refractivity contribution in [1.29, 1.82) is 0 Å². The molecule has 0 saturated carbocycles. The van der Waals surface area contributed by atoms with Gasteiger partial charge in [-0.3, -0.25) is 0 Å². The Morgan fingerprint density at radius 1 is 1.64 bits per heavy atom. The van der Waals surface area contributed by atoms with E-state index >= 15 is 0 Å². The van der Waals surface area contributed by atoms with E-state index in [0.29, 0.717) is 22.6 Å². The summed E-state index contributed by atoms with van der Waals surface area (Å²) in [5.41, 5.74) is 6.72. The molecule has 1 aromatic carbocycles. The molecule has 0 radical (unpaired) electrons. The van der Waals surface area contributed by atoms with Crippen LogP contribution in [0.3, 0.4) is 0 Å². The SMILES string of the molecule is C=CC[C@H](N)c1c(Cl)ccc(C)c1F. The van der Waals surface area contributed by atoms with Crippen LogP contribution in [-0.2, 0) is 0 Å². The van der Waals surface area contributed by atoms with Crippen LogP contribution in [0.1, 0.15) is 23.6 Å². The zero-order chi connectivity index (χ0) is 10.7. The largest absolute Gasteiger partial charge is 0.324 e. The minimum Gasteiger partial charge on any atom is -0.324 e. The molecule has 0 unspecified atom stereocenters. The van der Waals surface area contributed by atoms with Gasteiger partial charge >= 0.3 is 0 Å². The minimum absolute atomic E-state index is 0.313. The average Bonchev–Trinajstić information content (AvgIpc) is 2.13. The Balaban J connectivity index is 3.17. The van der Waals surface area contributed by atoms with Crippen LogP contribution in [0.25, 0.3) is 0 Å². The normalized spacial score (nSPS) is 12.6. The first-order valence-corrected chi connectivity index (χ1v) is 4.76. The lowest BCUT2D eigenvalue weighted by Gasteiger charge is -2.13. The van der Waals surface area contributed by atoms with E-state index in [4.69, 9.17) is 17.3 Å². The van der Waals surface area contributed by atoms with Crippen LogP contribution in [0.15, 0.2) is 24.8 Å². The van der Waals surface area contributed by atoms with Crippen LogP contribution in [0.2, 0.25) is 5.02 Å². The standard InChI is InChI=1S/C11H13ClFN/c1-3-4-9(14)10-8(12)6-5-7(2)11(10)13/h3,5-6,9H,1,4,14H2,2H3/t9-/m0/s1. The van der Waals surface area contributed by atoms with E-state index in [1.54, 1.807) is 25.1 Å². The van der Waals surface area contributed by atoms with E-state index in [2.05, 4.69) is 6.58 Å². The van der Waals surface area contributed by atoms with Gasteiger partial charge in [0.05, 0.1) is 0 Å². The predicted molar refractivity (Wildman–Crippen MR) is 57.9 cm³/mol. The molecule has 0 bridgehead atoms. The van der Waals surface area contributed by atoms with Crippen molar-refractivity contribution in [3.63, 3.8) is 0 Å². The van der Waals surface area contributed by atoms with Crippen molar-refractivity contribution >= 4 is 11.6 Å². The van der Waals surface area contributed by atoms with E-state index in [0.717, 1.165) is 0 Å². The smallest absolute Gasteiger partial charge is 0.132 e. The van der Waals surface area contributed by atoms with E-state index in [9.17, 15) is 4.39 Å². The Bertz CT molecular complexity index is 349. The zero-order valence-corrected chi connectivity index (χ0v) is 8.81. The maximum absolute atomic E-state index is 13.6. The molecular formula is C11H13ClFN. The fourth-order valence-corrected chi connectivity index (χ4v) is 1.60. The van der Waals surface area contributed by atoms with Gasteiger partial charge in [0.25, 0.3) is 0 Å². The molecule has 14 heavy (non-hydrogen) atoms. The maximum Gasteiger partial charge on any atom is 0.132 e. The molecule has 0 aliphatic rings. The highest BCUT2D eigenvalue weighted by Gasteiger charge is 2.15. The minimum atomic E-state index is -0.417. The van der Waals surface area contributed by atoms with Gasteiger partial charge in [-0.15, -0.1) is 6.58 Å². The molecule has 0 fully saturated rings. The third kappa shape index (κ3) is 2.14. The monoisotopic (exact) mass is 213 g/mol. The van der Waals surface area contributed by atoms with Crippen LogP contribution in [0.4, 0.5) is 4.39 Å². The molecule has 2 N–H and O–H groups in total. The van der Waals surface area contributed by atoms with Crippen molar-refractivity contribution in [1.82, 2.24) is 0 Å². The molecule has 76 valence electrons. The summed E-state index contributed by atoms with van der Waals surface area (Å²) in [5.74, 6) is -0.313. The number of aryl methyl sites for hydroxylation is 1. The lowest BCUT2D eigenvalue weighted by atomic mass is 10.0. The first kappa shape index (κ1) is 11.2. The van der Waals surface area contributed by atoms with Gasteiger partial charge in [-0.1, -0.05) is 23.7 Å². The zero-order valence-electron chi connectivity index (χ0n) is 8.06. The molecule has 1 rings (SSSR count). The second-order valence-electron chi connectivity index (χ2n) is 3.22. The summed E-state index contributed by atoms with van der Waals surface area (Å²) in [6, 6.07) is 2.89. The van der Waals surface area contributed by atoms with Gasteiger partial charge < -0.3 is 5.73 Å². The Morgan fingerprint density at radius 2 is 2.29 bits per heavy atom. The summed E-state index contributed by atoms with van der Waals surface area (Å²) in [6.07, 6.45) is 2.17. The Hall–Kier alpha value is -0.860. The lowest BCUT2D eigenvalue weighted by Crippen LogP contribution is -2.12. The van der Waals surface area contributed by atoms with Gasteiger partial charge in [-0.2, -0.15) is 0 Å². The number of hydrogen-bond donors (Lipinski definition) is 1. The van der Waals surface area contributed by atoms with E-state index < -0.39 is 6.04 Å². The van der Waals surface area contributed by atoms with Crippen molar-refractivity contribution < 1.29 is 4.39 Å². The third-order valence-corrected chi connectivity index (χ3v) is 2.44. The van der Waals surface area contributed by atoms with Gasteiger partial charge in [0.15, 0.2) is 0 Å². The molecule has 0 aliphatic carbocycles. The second kappa shape index (κ2) is 4.58. The summed E-state index contributed by atoms with van der Waals surface area (Å²) >= 11 is 5.88. The van der Waals surface area contributed by atoms with Gasteiger partial charge in [0.1, 0.15) is 5.82 Å². The van der Waals surface area contributed by atoms with Gasteiger partial charge in [-0.05, 0) is 25.0 Å². The number of benzene rings is 1. The van der Waals surface area contributed by atoms with Crippen LogP contribution >= 0.6 is 11.6 Å². The van der Waals surface area contributed by atoms with E-state index in [-0.39, 0.29) is 5.82 Å². The summed E-state index contributed by atoms with van der Waals surface area (Å²) in [5, 5.41) is 0.377. The van der Waals surface area contributed by atoms with Gasteiger partial charge in [0.2, 0.25) is 0 Å². The highest BCUT2D eigenvalue weighted by Crippen LogP contribution is 2.28. The molecule has 1 aromatic rings. The van der Waals surface area contributed by atoms with Crippen molar-refractivity contribution in [2.75, 3.05) is 0 Å². The number of nitrogens with two attached hydrogens (primary N) is 1. The lowest BCUT2D eigenvalue weighted by molar-refractivity contribution is 0.576. The second-order valence-corrected chi connectivity index (χ2v) is 3.63. The van der Waals surface area contributed by atoms with Crippen LogP contribution < -0.4 is 5.73 Å². The molecule has 0 aromatic heterocycles. The van der Waals surface area contributed by atoms with Crippen LogP contribution in [-0.4, -0.2) is 0 Å². The Kier molecular flexibility index (Phi) is 3.67. The molecule has 0 saturated heterocycles. The van der Waals surface area contributed by atoms with Crippen molar-refractivity contribution in [2.24, 2.45) is 5.73 Å². The number of halogens is 2. The summed E-state index contributed by atoms with van der Waals surface area (Å²) in [7, 11) is 0. The van der Waals surface area contributed by atoms with Gasteiger partial charge in [0, 0.05) is 16.6 Å². The Morgan fingerprint density at radius 3 is 2.86 bits per heavy atom. The fraction of sp³-hybridized carbons (Fsp3) is 0.273.